The number of likely N-dealkylation sites (tertiary alicyclic amines) is 1. The van der Waals surface area contributed by atoms with E-state index in [1.54, 1.807) is 0 Å². The van der Waals surface area contributed by atoms with Crippen molar-refractivity contribution in [1.29, 1.82) is 0 Å². The Balaban J connectivity index is 2.03. The van der Waals surface area contributed by atoms with Crippen LogP contribution in [0.5, 0.6) is 5.75 Å². The molecule has 7 heteroatoms. The van der Waals surface area contributed by atoms with Gasteiger partial charge >= 0.3 is 6.36 Å². The number of alkyl halides is 3. The van der Waals surface area contributed by atoms with E-state index in [-0.39, 0.29) is 5.75 Å². The van der Waals surface area contributed by atoms with Crippen LogP contribution < -0.4 is 4.74 Å². The van der Waals surface area contributed by atoms with Crippen LogP contribution in [-0.4, -0.2) is 36.5 Å². The van der Waals surface area contributed by atoms with Gasteiger partial charge in [-0.1, -0.05) is 31.2 Å². The molecule has 1 N–H and O–H groups in total. The molecule has 26 heavy (non-hydrogen) atoms. The second kappa shape index (κ2) is 6.25. The Morgan fingerprint density at radius 2 is 1.42 bits per heavy atom. The van der Waals surface area contributed by atoms with Crippen LogP contribution in [0.1, 0.15) is 18.1 Å². The van der Waals surface area contributed by atoms with Gasteiger partial charge in [-0.3, -0.25) is 0 Å². The van der Waals surface area contributed by atoms with Gasteiger partial charge in [0.05, 0.1) is 0 Å². The van der Waals surface area contributed by atoms with Crippen molar-refractivity contribution in [2.24, 2.45) is 5.41 Å². The van der Waals surface area contributed by atoms with Crippen molar-refractivity contribution < 1.29 is 27.4 Å². The van der Waals surface area contributed by atoms with Gasteiger partial charge in [0, 0.05) is 18.5 Å². The fourth-order valence-electron chi connectivity index (χ4n) is 3.83. The SMILES string of the molecule is CN1CC(C)(C(O)(c2ccc(F)cc2)c2ccc(OC(F)(F)F)cc2)C1. The van der Waals surface area contributed by atoms with Gasteiger partial charge in [0.15, 0.2) is 0 Å². The lowest BCUT2D eigenvalue weighted by molar-refractivity contribution is -0.274. The summed E-state index contributed by atoms with van der Waals surface area (Å²) in [6.07, 6.45) is -4.78. The molecule has 1 fully saturated rings. The number of hydrogen-bond acceptors (Lipinski definition) is 3. The molecule has 2 aromatic rings. The molecule has 1 aliphatic rings. The lowest BCUT2D eigenvalue weighted by Gasteiger charge is -2.56. The summed E-state index contributed by atoms with van der Waals surface area (Å²) in [6, 6.07) is 10.7. The highest BCUT2D eigenvalue weighted by atomic mass is 19.4. The van der Waals surface area contributed by atoms with Gasteiger partial charge in [-0.25, -0.2) is 4.39 Å². The maximum atomic E-state index is 13.3. The van der Waals surface area contributed by atoms with Gasteiger partial charge < -0.3 is 14.7 Å². The van der Waals surface area contributed by atoms with Gasteiger partial charge in [-0.15, -0.1) is 13.2 Å². The molecule has 0 aromatic heterocycles. The third-order valence-corrected chi connectivity index (χ3v) is 4.88. The minimum Gasteiger partial charge on any atom is -0.406 e. The van der Waals surface area contributed by atoms with Crippen LogP contribution in [0.25, 0.3) is 0 Å². The highest BCUT2D eigenvalue weighted by Gasteiger charge is 2.55. The van der Waals surface area contributed by atoms with E-state index >= 15 is 0 Å². The minimum absolute atomic E-state index is 0.362. The van der Waals surface area contributed by atoms with Crippen LogP contribution in [0, 0.1) is 11.2 Å². The first-order valence-electron chi connectivity index (χ1n) is 8.07. The molecule has 3 nitrogen and oxygen atoms in total. The first-order valence-corrected chi connectivity index (χ1v) is 8.07. The summed E-state index contributed by atoms with van der Waals surface area (Å²) < 4.78 is 54.3. The molecule has 1 aliphatic heterocycles. The van der Waals surface area contributed by atoms with Crippen LogP contribution in [0.15, 0.2) is 48.5 Å². The Bertz CT molecular complexity index is 768. The predicted octanol–water partition coefficient (Wildman–Crippen LogP) is 3.91. The van der Waals surface area contributed by atoms with Crippen molar-refractivity contribution in [2.75, 3.05) is 20.1 Å². The van der Waals surface area contributed by atoms with Crippen molar-refractivity contribution in [2.45, 2.75) is 18.9 Å². The van der Waals surface area contributed by atoms with E-state index in [0.717, 1.165) is 0 Å². The van der Waals surface area contributed by atoms with Crippen LogP contribution >= 0.6 is 0 Å². The fraction of sp³-hybridized carbons (Fsp3) is 0.368. The normalized spacial score (nSPS) is 19.5. The molecule has 0 spiro atoms. The van der Waals surface area contributed by atoms with Crippen LogP contribution in [-0.2, 0) is 5.60 Å². The van der Waals surface area contributed by atoms with Crippen LogP contribution in [0.2, 0.25) is 0 Å². The highest BCUT2D eigenvalue weighted by Crippen LogP contribution is 2.50. The highest BCUT2D eigenvalue weighted by molar-refractivity contribution is 5.42. The molecule has 1 saturated heterocycles. The van der Waals surface area contributed by atoms with Crippen LogP contribution in [0.3, 0.4) is 0 Å². The van der Waals surface area contributed by atoms with Crippen molar-refractivity contribution in [3.05, 3.63) is 65.5 Å². The third-order valence-electron chi connectivity index (χ3n) is 4.88. The predicted molar refractivity (Wildman–Crippen MR) is 88.1 cm³/mol. The number of ether oxygens (including phenoxy) is 1. The molecule has 2 aromatic carbocycles. The van der Waals surface area contributed by atoms with E-state index < -0.39 is 23.2 Å². The van der Waals surface area contributed by atoms with Crippen molar-refractivity contribution in [1.82, 2.24) is 4.90 Å². The summed E-state index contributed by atoms with van der Waals surface area (Å²) in [7, 11) is 1.91. The Kier molecular flexibility index (Phi) is 4.48. The Labute approximate surface area is 148 Å². The molecule has 1 unspecified atom stereocenters. The molecule has 3 rings (SSSR count). The smallest absolute Gasteiger partial charge is 0.406 e. The van der Waals surface area contributed by atoms with E-state index in [2.05, 4.69) is 4.74 Å². The summed E-state index contributed by atoms with van der Waals surface area (Å²) in [4.78, 5) is 2.02. The fourth-order valence-corrected chi connectivity index (χ4v) is 3.83. The monoisotopic (exact) mass is 369 g/mol. The van der Waals surface area contributed by atoms with Crippen molar-refractivity contribution in [3.8, 4) is 5.75 Å². The maximum Gasteiger partial charge on any atom is 0.573 e. The average Bonchev–Trinajstić information content (AvgIpc) is 2.52. The van der Waals surface area contributed by atoms with E-state index in [0.29, 0.717) is 24.2 Å². The largest absolute Gasteiger partial charge is 0.573 e. The van der Waals surface area contributed by atoms with Gasteiger partial charge in [-0.2, -0.15) is 0 Å². The molecule has 0 amide bonds. The number of rotatable bonds is 4. The molecule has 1 atom stereocenters. The van der Waals surface area contributed by atoms with Gasteiger partial charge in [0.1, 0.15) is 17.2 Å². The first-order chi connectivity index (χ1) is 12.0. The summed E-state index contributed by atoms with van der Waals surface area (Å²) in [5, 5.41) is 11.7. The molecule has 0 bridgehead atoms. The second-order valence-corrected chi connectivity index (χ2v) is 7.02. The Morgan fingerprint density at radius 3 is 1.85 bits per heavy atom. The summed E-state index contributed by atoms with van der Waals surface area (Å²) in [5.41, 5.74) is -1.15. The number of aliphatic hydroxyl groups is 1. The summed E-state index contributed by atoms with van der Waals surface area (Å²) in [5.74, 6) is -0.792. The van der Waals surface area contributed by atoms with E-state index in [1.807, 2.05) is 18.9 Å². The summed E-state index contributed by atoms with van der Waals surface area (Å²) >= 11 is 0. The van der Waals surface area contributed by atoms with Gasteiger partial charge in [0.25, 0.3) is 0 Å². The minimum atomic E-state index is -4.78. The van der Waals surface area contributed by atoms with Crippen molar-refractivity contribution in [3.63, 3.8) is 0 Å². The maximum absolute atomic E-state index is 13.3. The molecule has 0 aliphatic carbocycles. The van der Waals surface area contributed by atoms with E-state index in [1.165, 1.54) is 48.5 Å². The first kappa shape index (κ1) is 18.7. The zero-order valence-electron chi connectivity index (χ0n) is 14.3. The molecule has 140 valence electrons. The Morgan fingerprint density at radius 1 is 0.962 bits per heavy atom. The van der Waals surface area contributed by atoms with Gasteiger partial charge in [0.2, 0.25) is 0 Å². The van der Waals surface area contributed by atoms with E-state index in [9.17, 15) is 22.7 Å². The van der Waals surface area contributed by atoms with Crippen LogP contribution in [0.4, 0.5) is 17.6 Å². The third kappa shape index (κ3) is 3.29. The standard InChI is InChI=1S/C19H19F4NO2/c1-17(11-24(2)12-17)18(25,13-3-7-15(20)8-4-13)14-5-9-16(10-6-14)26-19(21,22)23/h3-10,25H,11-12H2,1-2H3. The Hall–Kier alpha value is -2.12. The van der Waals surface area contributed by atoms with Crippen molar-refractivity contribution >= 4 is 0 Å². The molecule has 1 heterocycles. The molecule has 0 saturated carbocycles. The van der Waals surface area contributed by atoms with E-state index in [4.69, 9.17) is 0 Å². The average molecular weight is 369 g/mol. The number of hydrogen-bond donors (Lipinski definition) is 1. The number of benzene rings is 2. The molecular formula is C19H19F4NO2. The zero-order valence-corrected chi connectivity index (χ0v) is 14.3. The lowest BCUT2D eigenvalue weighted by atomic mass is 9.62. The lowest BCUT2D eigenvalue weighted by Crippen LogP contribution is -2.63. The molecular weight excluding hydrogens is 350 g/mol. The quantitative estimate of drug-likeness (QED) is 0.830. The zero-order chi connectivity index (χ0) is 19.2. The second-order valence-electron chi connectivity index (χ2n) is 7.02. The number of halogens is 4. The topological polar surface area (TPSA) is 32.7 Å². The number of nitrogens with zero attached hydrogens (tertiary/aromatic N) is 1. The summed E-state index contributed by atoms with van der Waals surface area (Å²) in [6.45, 7) is 3.07. The molecule has 0 radical (unpaired) electrons. The van der Waals surface area contributed by atoms with Gasteiger partial charge in [-0.05, 0) is 42.4 Å².